The summed E-state index contributed by atoms with van der Waals surface area (Å²) < 4.78 is 0. The van der Waals surface area contributed by atoms with Gasteiger partial charge in [0.15, 0.2) is 0 Å². The highest BCUT2D eigenvalue weighted by molar-refractivity contribution is 6.20. The lowest BCUT2D eigenvalue weighted by molar-refractivity contribution is 1.16. The van der Waals surface area contributed by atoms with Crippen molar-refractivity contribution in [3.05, 3.63) is 66.2 Å². The number of hydrogen-bond donors (Lipinski definition) is 1. The average molecular weight is 271 g/mol. The highest BCUT2D eigenvalue weighted by Crippen LogP contribution is 2.36. The van der Waals surface area contributed by atoms with E-state index in [9.17, 15) is 0 Å². The van der Waals surface area contributed by atoms with Crippen LogP contribution in [0, 0.1) is 0 Å². The van der Waals surface area contributed by atoms with E-state index in [4.69, 9.17) is 5.73 Å². The molecule has 0 spiro atoms. The fourth-order valence-corrected chi connectivity index (χ4v) is 3.35. The largest absolute Gasteiger partial charge is 0.398 e. The van der Waals surface area contributed by atoms with Gasteiger partial charge in [0.05, 0.1) is 0 Å². The smallest absolute Gasteiger partial charge is 0.0400 e. The van der Waals surface area contributed by atoms with Crippen molar-refractivity contribution in [2.24, 2.45) is 0 Å². The highest BCUT2D eigenvalue weighted by atomic mass is 14.5. The number of nitrogens with two attached hydrogens (primary N) is 1. The van der Waals surface area contributed by atoms with Crippen LogP contribution in [0.25, 0.3) is 32.3 Å². The molecule has 4 aromatic rings. The quantitative estimate of drug-likeness (QED) is 0.369. The Balaban J connectivity index is 2.33. The van der Waals surface area contributed by atoms with Crippen LogP contribution in [0.4, 0.5) is 5.69 Å². The number of hydrogen-bond acceptors (Lipinski definition) is 1. The van der Waals surface area contributed by atoms with Gasteiger partial charge in [-0.3, -0.25) is 0 Å². The second-order valence-electron chi connectivity index (χ2n) is 5.54. The molecule has 102 valence electrons. The van der Waals surface area contributed by atoms with Gasteiger partial charge in [-0.2, -0.15) is 0 Å². The number of fused-ring (bicyclic) bond motifs is 5. The zero-order valence-electron chi connectivity index (χ0n) is 12.1. The van der Waals surface area contributed by atoms with Crippen molar-refractivity contribution in [1.29, 1.82) is 0 Å². The van der Waals surface area contributed by atoms with E-state index in [1.807, 2.05) is 6.07 Å². The van der Waals surface area contributed by atoms with Crippen LogP contribution >= 0.6 is 0 Å². The molecule has 0 aliphatic rings. The summed E-state index contributed by atoms with van der Waals surface area (Å²) in [6, 6.07) is 21.5. The van der Waals surface area contributed by atoms with Crippen LogP contribution in [-0.4, -0.2) is 0 Å². The van der Waals surface area contributed by atoms with Crippen molar-refractivity contribution in [1.82, 2.24) is 0 Å². The zero-order chi connectivity index (χ0) is 14.4. The lowest BCUT2D eigenvalue weighted by atomic mass is 9.92. The molecule has 2 N–H and O–H groups in total. The first-order valence-corrected chi connectivity index (χ1v) is 7.41. The molecule has 0 saturated carbocycles. The van der Waals surface area contributed by atoms with Gasteiger partial charge >= 0.3 is 0 Å². The predicted molar refractivity (Wildman–Crippen MR) is 92.8 cm³/mol. The Morgan fingerprint density at radius 3 is 1.86 bits per heavy atom. The Hall–Kier alpha value is -2.54. The summed E-state index contributed by atoms with van der Waals surface area (Å²) in [6.07, 6.45) is 1.04. The van der Waals surface area contributed by atoms with Gasteiger partial charge < -0.3 is 5.73 Å². The summed E-state index contributed by atoms with van der Waals surface area (Å²) in [6.45, 7) is 2.22. The van der Waals surface area contributed by atoms with Gasteiger partial charge in [-0.05, 0) is 51.0 Å². The van der Waals surface area contributed by atoms with Crippen LogP contribution in [0.5, 0.6) is 0 Å². The first-order chi connectivity index (χ1) is 10.3. The third kappa shape index (κ3) is 1.71. The van der Waals surface area contributed by atoms with Gasteiger partial charge in [0.1, 0.15) is 0 Å². The van der Waals surface area contributed by atoms with E-state index < -0.39 is 0 Å². The topological polar surface area (TPSA) is 26.0 Å². The molecule has 0 radical (unpaired) electrons. The lowest BCUT2D eigenvalue weighted by Crippen LogP contribution is -1.91. The zero-order valence-corrected chi connectivity index (χ0v) is 12.1. The van der Waals surface area contributed by atoms with Crippen molar-refractivity contribution >= 4 is 38.0 Å². The van der Waals surface area contributed by atoms with Crippen molar-refractivity contribution in [3.63, 3.8) is 0 Å². The Morgan fingerprint density at radius 2 is 1.19 bits per heavy atom. The molecule has 0 aliphatic carbocycles. The molecule has 0 aliphatic heterocycles. The fourth-order valence-electron chi connectivity index (χ4n) is 3.35. The summed E-state index contributed by atoms with van der Waals surface area (Å²) >= 11 is 0. The van der Waals surface area contributed by atoms with E-state index in [1.165, 1.54) is 32.5 Å². The van der Waals surface area contributed by atoms with E-state index in [1.54, 1.807) is 0 Å². The molecule has 21 heavy (non-hydrogen) atoms. The number of anilines is 1. The second kappa shape index (κ2) is 4.49. The van der Waals surface area contributed by atoms with Crippen molar-refractivity contribution in [2.45, 2.75) is 13.3 Å². The minimum absolute atomic E-state index is 0.854. The van der Waals surface area contributed by atoms with E-state index in [0.29, 0.717) is 0 Å². The molecule has 0 amide bonds. The van der Waals surface area contributed by atoms with E-state index in [2.05, 4.69) is 61.5 Å². The summed E-state index contributed by atoms with van der Waals surface area (Å²) in [4.78, 5) is 0. The second-order valence-corrected chi connectivity index (χ2v) is 5.54. The fraction of sp³-hybridized carbons (Fsp3) is 0.100. The Bertz CT molecular complexity index is 983. The van der Waals surface area contributed by atoms with E-state index in [-0.39, 0.29) is 0 Å². The summed E-state index contributed by atoms with van der Waals surface area (Å²) in [5.41, 5.74) is 8.53. The van der Waals surface area contributed by atoms with Gasteiger partial charge in [-0.1, -0.05) is 55.5 Å². The van der Waals surface area contributed by atoms with Crippen LogP contribution in [0.1, 0.15) is 12.5 Å². The molecule has 0 fully saturated rings. The molecule has 4 rings (SSSR count). The van der Waals surface area contributed by atoms with Gasteiger partial charge in [-0.25, -0.2) is 0 Å². The lowest BCUT2D eigenvalue weighted by Gasteiger charge is -2.13. The number of rotatable bonds is 1. The summed E-state index contributed by atoms with van der Waals surface area (Å²) in [5, 5.41) is 7.57. The SMILES string of the molecule is CCc1cc2c3ccccc3c(N)cc2c2ccccc12. The molecule has 0 atom stereocenters. The monoisotopic (exact) mass is 271 g/mol. The van der Waals surface area contributed by atoms with Crippen LogP contribution in [-0.2, 0) is 6.42 Å². The van der Waals surface area contributed by atoms with Gasteiger partial charge in [0.2, 0.25) is 0 Å². The van der Waals surface area contributed by atoms with Gasteiger partial charge in [0.25, 0.3) is 0 Å². The summed E-state index contributed by atoms with van der Waals surface area (Å²) in [7, 11) is 0. The minimum Gasteiger partial charge on any atom is -0.398 e. The van der Waals surface area contributed by atoms with E-state index in [0.717, 1.165) is 17.5 Å². The first-order valence-electron chi connectivity index (χ1n) is 7.41. The molecule has 0 aromatic heterocycles. The standard InChI is InChI=1S/C20H17N/c1-2-13-11-18-16-9-5-6-10-17(16)20(21)12-19(18)15-8-4-3-7-14(13)15/h3-12H,2,21H2,1H3. The maximum Gasteiger partial charge on any atom is 0.0400 e. The third-order valence-corrected chi connectivity index (χ3v) is 4.38. The van der Waals surface area contributed by atoms with Crippen LogP contribution in [0.3, 0.4) is 0 Å². The van der Waals surface area contributed by atoms with Gasteiger partial charge in [-0.15, -0.1) is 0 Å². The Labute approximate surface area is 124 Å². The molecular formula is C20H17N. The number of benzene rings is 4. The minimum atomic E-state index is 0.854. The number of nitrogen functional groups attached to an aromatic ring is 1. The Morgan fingerprint density at radius 1 is 0.667 bits per heavy atom. The van der Waals surface area contributed by atoms with Gasteiger partial charge in [0, 0.05) is 11.1 Å². The number of aryl methyl sites for hydroxylation is 1. The van der Waals surface area contributed by atoms with Crippen molar-refractivity contribution in [2.75, 3.05) is 5.73 Å². The normalized spacial score (nSPS) is 11.5. The summed E-state index contributed by atoms with van der Waals surface area (Å²) in [5.74, 6) is 0. The maximum atomic E-state index is 6.28. The highest BCUT2D eigenvalue weighted by Gasteiger charge is 2.09. The van der Waals surface area contributed by atoms with Crippen LogP contribution in [0.15, 0.2) is 60.7 Å². The molecule has 0 unspecified atom stereocenters. The molecular weight excluding hydrogens is 254 g/mol. The Kier molecular flexibility index (Phi) is 2.61. The van der Waals surface area contributed by atoms with Crippen LogP contribution in [0.2, 0.25) is 0 Å². The van der Waals surface area contributed by atoms with Crippen molar-refractivity contribution in [3.8, 4) is 0 Å². The molecule has 0 saturated heterocycles. The average Bonchev–Trinajstić information content (AvgIpc) is 2.55. The first kappa shape index (κ1) is 12.2. The molecule has 0 heterocycles. The molecule has 0 bridgehead atoms. The molecule has 4 aromatic carbocycles. The third-order valence-electron chi connectivity index (χ3n) is 4.38. The van der Waals surface area contributed by atoms with Crippen LogP contribution < -0.4 is 5.73 Å². The maximum absolute atomic E-state index is 6.28. The molecule has 1 nitrogen and oxygen atoms in total. The molecule has 1 heteroatoms. The van der Waals surface area contributed by atoms with Crippen molar-refractivity contribution < 1.29 is 0 Å². The predicted octanol–water partition coefficient (Wildman–Crippen LogP) is 5.29. The van der Waals surface area contributed by atoms with E-state index >= 15 is 0 Å².